The fourth-order valence-electron chi connectivity index (χ4n) is 2.47. The van der Waals surface area contributed by atoms with E-state index in [-0.39, 0.29) is 0 Å². The number of hydrogen-bond donors (Lipinski definition) is 0. The summed E-state index contributed by atoms with van der Waals surface area (Å²) >= 11 is 0. The van der Waals surface area contributed by atoms with Crippen LogP contribution in [-0.4, -0.2) is 0 Å². The van der Waals surface area contributed by atoms with Gasteiger partial charge in [0.25, 0.3) is 0 Å². The van der Waals surface area contributed by atoms with E-state index in [1.165, 1.54) is 22.3 Å². The van der Waals surface area contributed by atoms with E-state index in [0.717, 1.165) is 12.0 Å². The predicted molar refractivity (Wildman–Crippen MR) is 91.1 cm³/mol. The Labute approximate surface area is 126 Å². The molecule has 3 aromatic rings. The molecule has 0 atom stereocenters. The average Bonchev–Trinajstić information content (AvgIpc) is 2.57. The summed E-state index contributed by atoms with van der Waals surface area (Å²) in [5.74, 6) is 0. The van der Waals surface area contributed by atoms with Gasteiger partial charge in [-0.25, -0.2) is 0 Å². The molecule has 21 heavy (non-hydrogen) atoms. The summed E-state index contributed by atoms with van der Waals surface area (Å²) in [6.45, 7) is 4.22. The first-order valence-corrected chi connectivity index (χ1v) is 7.20. The summed E-state index contributed by atoms with van der Waals surface area (Å²) in [5, 5.41) is 0. The molecule has 0 spiro atoms. The van der Waals surface area contributed by atoms with Crippen LogP contribution in [0.15, 0.2) is 91.5 Å². The summed E-state index contributed by atoms with van der Waals surface area (Å²) in [6.07, 6.45) is 0.894. The first kappa shape index (κ1) is 13.4. The standard InChI is InChI=1S/C21H18/c1-17(16-18-8-4-2-5-9-18)19-12-14-21(15-13-19)20-10-6-3-7-11-20/h2-15H,1,16H2. The van der Waals surface area contributed by atoms with E-state index in [2.05, 4.69) is 79.4 Å². The third-order valence-electron chi connectivity index (χ3n) is 3.66. The molecule has 0 bridgehead atoms. The van der Waals surface area contributed by atoms with Gasteiger partial charge >= 0.3 is 0 Å². The van der Waals surface area contributed by atoms with Crippen LogP contribution in [0, 0.1) is 0 Å². The second-order valence-corrected chi connectivity index (χ2v) is 5.21. The molecule has 0 heterocycles. The maximum atomic E-state index is 4.22. The first-order valence-electron chi connectivity index (χ1n) is 7.20. The number of allylic oxidation sites excluding steroid dienone is 1. The molecule has 0 aliphatic heterocycles. The van der Waals surface area contributed by atoms with Gasteiger partial charge in [0, 0.05) is 0 Å². The Bertz CT molecular complexity index is 707. The number of hydrogen-bond acceptors (Lipinski definition) is 0. The smallest absolute Gasteiger partial charge is 0.00257 e. The molecular weight excluding hydrogens is 252 g/mol. The lowest BCUT2D eigenvalue weighted by Gasteiger charge is -2.08. The molecule has 0 saturated heterocycles. The minimum absolute atomic E-state index is 0.894. The molecule has 0 nitrogen and oxygen atoms in total. The normalized spacial score (nSPS) is 10.3. The SMILES string of the molecule is C=C(Cc1ccccc1)c1ccc(-c2ccccc2)cc1. The van der Waals surface area contributed by atoms with Crippen LogP contribution in [0.25, 0.3) is 16.7 Å². The molecule has 0 aliphatic carbocycles. The van der Waals surface area contributed by atoms with Gasteiger partial charge in [-0.15, -0.1) is 0 Å². The Hall–Kier alpha value is -2.60. The second kappa shape index (κ2) is 6.23. The van der Waals surface area contributed by atoms with Crippen LogP contribution in [0.2, 0.25) is 0 Å². The van der Waals surface area contributed by atoms with E-state index in [1.807, 2.05) is 12.1 Å². The van der Waals surface area contributed by atoms with Crippen molar-refractivity contribution >= 4 is 5.57 Å². The monoisotopic (exact) mass is 270 g/mol. The molecule has 0 amide bonds. The Morgan fingerprint density at radius 1 is 0.619 bits per heavy atom. The minimum Gasteiger partial charge on any atom is -0.0949 e. The quantitative estimate of drug-likeness (QED) is 0.578. The van der Waals surface area contributed by atoms with Crippen LogP contribution in [0.1, 0.15) is 11.1 Å². The molecule has 0 saturated carbocycles. The van der Waals surface area contributed by atoms with Crippen LogP contribution in [0.3, 0.4) is 0 Å². The maximum absolute atomic E-state index is 4.22. The first-order chi connectivity index (χ1) is 10.3. The van der Waals surface area contributed by atoms with Gasteiger partial charge in [0.1, 0.15) is 0 Å². The summed E-state index contributed by atoms with van der Waals surface area (Å²) in [4.78, 5) is 0. The van der Waals surface area contributed by atoms with Gasteiger partial charge in [-0.3, -0.25) is 0 Å². The molecule has 0 fully saturated rings. The molecule has 0 N–H and O–H groups in total. The van der Waals surface area contributed by atoms with E-state index >= 15 is 0 Å². The van der Waals surface area contributed by atoms with Gasteiger partial charge in [0.2, 0.25) is 0 Å². The topological polar surface area (TPSA) is 0 Å². The zero-order chi connectivity index (χ0) is 14.5. The van der Waals surface area contributed by atoms with Crippen LogP contribution in [0.5, 0.6) is 0 Å². The van der Waals surface area contributed by atoms with Gasteiger partial charge in [0.15, 0.2) is 0 Å². The average molecular weight is 270 g/mol. The Morgan fingerprint density at radius 2 is 1.14 bits per heavy atom. The number of rotatable bonds is 4. The lowest BCUT2D eigenvalue weighted by atomic mass is 9.97. The fourth-order valence-corrected chi connectivity index (χ4v) is 2.47. The largest absolute Gasteiger partial charge is 0.0949 e. The van der Waals surface area contributed by atoms with E-state index in [4.69, 9.17) is 0 Å². The zero-order valence-electron chi connectivity index (χ0n) is 12.0. The predicted octanol–water partition coefficient (Wildman–Crippen LogP) is 5.61. The highest BCUT2D eigenvalue weighted by Gasteiger charge is 2.02. The minimum atomic E-state index is 0.894. The highest BCUT2D eigenvalue weighted by atomic mass is 14.1. The van der Waals surface area contributed by atoms with Crippen LogP contribution in [0.4, 0.5) is 0 Å². The molecule has 0 aliphatic rings. The molecule has 0 radical (unpaired) electrons. The van der Waals surface area contributed by atoms with Crippen molar-refractivity contribution in [3.05, 3.63) is 103 Å². The second-order valence-electron chi connectivity index (χ2n) is 5.21. The van der Waals surface area contributed by atoms with Crippen LogP contribution < -0.4 is 0 Å². The molecule has 0 heteroatoms. The van der Waals surface area contributed by atoms with E-state index < -0.39 is 0 Å². The summed E-state index contributed by atoms with van der Waals surface area (Å²) in [5.41, 5.74) is 6.15. The lowest BCUT2D eigenvalue weighted by molar-refractivity contribution is 1.29. The van der Waals surface area contributed by atoms with Gasteiger partial charge < -0.3 is 0 Å². The third kappa shape index (κ3) is 3.29. The van der Waals surface area contributed by atoms with Crippen molar-refractivity contribution < 1.29 is 0 Å². The van der Waals surface area contributed by atoms with Crippen molar-refractivity contribution in [3.63, 3.8) is 0 Å². The van der Waals surface area contributed by atoms with Gasteiger partial charge in [-0.2, -0.15) is 0 Å². The molecule has 0 aromatic heterocycles. The van der Waals surface area contributed by atoms with E-state index in [0.29, 0.717) is 0 Å². The number of benzene rings is 3. The van der Waals surface area contributed by atoms with Crippen LogP contribution in [-0.2, 0) is 6.42 Å². The zero-order valence-corrected chi connectivity index (χ0v) is 12.0. The van der Waals surface area contributed by atoms with Gasteiger partial charge in [-0.1, -0.05) is 91.5 Å². The third-order valence-corrected chi connectivity index (χ3v) is 3.66. The van der Waals surface area contributed by atoms with Crippen molar-refractivity contribution in [2.45, 2.75) is 6.42 Å². The highest BCUT2D eigenvalue weighted by Crippen LogP contribution is 2.23. The summed E-state index contributed by atoms with van der Waals surface area (Å²) < 4.78 is 0. The van der Waals surface area contributed by atoms with Gasteiger partial charge in [-0.05, 0) is 34.2 Å². The van der Waals surface area contributed by atoms with Crippen molar-refractivity contribution in [2.24, 2.45) is 0 Å². The molecule has 3 rings (SSSR count). The molecule has 0 unspecified atom stereocenters. The Morgan fingerprint density at radius 3 is 1.76 bits per heavy atom. The van der Waals surface area contributed by atoms with Gasteiger partial charge in [0.05, 0.1) is 0 Å². The molecule has 3 aromatic carbocycles. The Kier molecular flexibility index (Phi) is 3.97. The maximum Gasteiger partial charge on any atom is -0.00257 e. The fraction of sp³-hybridized carbons (Fsp3) is 0.0476. The van der Waals surface area contributed by atoms with Crippen molar-refractivity contribution in [1.29, 1.82) is 0 Å². The summed E-state index contributed by atoms with van der Waals surface area (Å²) in [6, 6.07) is 29.6. The highest BCUT2D eigenvalue weighted by molar-refractivity contribution is 5.70. The van der Waals surface area contributed by atoms with E-state index in [1.54, 1.807) is 0 Å². The van der Waals surface area contributed by atoms with E-state index in [9.17, 15) is 0 Å². The summed E-state index contributed by atoms with van der Waals surface area (Å²) in [7, 11) is 0. The van der Waals surface area contributed by atoms with Crippen LogP contribution >= 0.6 is 0 Å². The molecule has 102 valence electrons. The van der Waals surface area contributed by atoms with Crippen molar-refractivity contribution in [3.8, 4) is 11.1 Å². The van der Waals surface area contributed by atoms with Crippen molar-refractivity contribution in [1.82, 2.24) is 0 Å². The molecular formula is C21H18. The van der Waals surface area contributed by atoms with Crippen molar-refractivity contribution in [2.75, 3.05) is 0 Å². The lowest BCUT2D eigenvalue weighted by Crippen LogP contribution is -1.89. The Balaban J connectivity index is 1.77.